The third kappa shape index (κ3) is 3.81. The molecule has 2 amide bonds. The minimum absolute atomic E-state index is 0.124. The van der Waals surface area contributed by atoms with E-state index in [1.807, 2.05) is 6.07 Å². The molecule has 0 aliphatic carbocycles. The van der Waals surface area contributed by atoms with Crippen LogP contribution in [0.2, 0.25) is 0 Å². The Kier molecular flexibility index (Phi) is 5.56. The predicted molar refractivity (Wildman–Crippen MR) is 102 cm³/mol. The molecule has 2 aliphatic rings. The highest BCUT2D eigenvalue weighted by Gasteiger charge is 2.38. The average Bonchev–Trinajstić information content (AvgIpc) is 3.42. The minimum Gasteiger partial charge on any atom is -0.364 e. The fraction of sp³-hybridized carbons (Fsp3) is 0.444. The van der Waals surface area contributed by atoms with Crippen molar-refractivity contribution in [3.63, 3.8) is 0 Å². The van der Waals surface area contributed by atoms with Crippen molar-refractivity contribution in [2.75, 3.05) is 24.6 Å². The number of nitriles is 1. The number of halogens is 1. The molecule has 1 atom stereocenters. The second-order valence-corrected chi connectivity index (χ2v) is 7.84. The van der Waals surface area contributed by atoms with Crippen molar-refractivity contribution in [2.24, 2.45) is 11.7 Å². The third-order valence-electron chi connectivity index (χ3n) is 5.17. The van der Waals surface area contributed by atoms with Gasteiger partial charge in [0.25, 0.3) is 5.91 Å². The van der Waals surface area contributed by atoms with Crippen LogP contribution in [0.3, 0.4) is 0 Å². The molecule has 2 aliphatic heterocycles. The molecule has 0 aromatic carbocycles. The summed E-state index contributed by atoms with van der Waals surface area (Å²) in [6.07, 6.45) is 2.60. The van der Waals surface area contributed by atoms with Crippen LogP contribution in [0.4, 0.5) is 10.3 Å². The predicted octanol–water partition coefficient (Wildman–Crippen LogP) is 1.16. The molecule has 12 heteroatoms. The first kappa shape index (κ1) is 20.1. The molecule has 2 aromatic rings. The van der Waals surface area contributed by atoms with Crippen molar-refractivity contribution < 1.29 is 18.8 Å². The van der Waals surface area contributed by atoms with Crippen molar-refractivity contribution in [2.45, 2.75) is 25.3 Å². The fourth-order valence-electron chi connectivity index (χ4n) is 3.64. The lowest BCUT2D eigenvalue weighted by Gasteiger charge is -2.33. The number of hydrogen-bond acceptors (Lipinski definition) is 9. The van der Waals surface area contributed by atoms with Crippen LogP contribution in [0.15, 0.2) is 11.6 Å². The highest BCUT2D eigenvalue weighted by atomic mass is 32.1. The SMILES string of the molecule is N#Cc1nc([C@@H]2CCON2C(=O)C2CCN(c3ncc(F)c(C(N)=O)n3)CC2)cs1. The first-order chi connectivity index (χ1) is 14.5. The van der Waals surface area contributed by atoms with Crippen molar-refractivity contribution in [3.05, 3.63) is 33.8 Å². The summed E-state index contributed by atoms with van der Waals surface area (Å²) in [6.45, 7) is 1.34. The van der Waals surface area contributed by atoms with E-state index in [9.17, 15) is 14.0 Å². The zero-order chi connectivity index (χ0) is 21.3. The Morgan fingerprint density at radius 3 is 2.73 bits per heavy atom. The Morgan fingerprint density at radius 1 is 1.30 bits per heavy atom. The third-order valence-corrected chi connectivity index (χ3v) is 5.94. The lowest BCUT2D eigenvalue weighted by atomic mass is 9.95. The molecule has 4 heterocycles. The number of anilines is 1. The van der Waals surface area contributed by atoms with E-state index in [0.29, 0.717) is 49.7 Å². The van der Waals surface area contributed by atoms with E-state index >= 15 is 0 Å². The second-order valence-electron chi connectivity index (χ2n) is 6.98. The normalized spacial score (nSPS) is 19.7. The van der Waals surface area contributed by atoms with Gasteiger partial charge in [0.05, 0.1) is 18.5 Å². The molecule has 10 nitrogen and oxygen atoms in total. The second kappa shape index (κ2) is 8.29. The van der Waals surface area contributed by atoms with E-state index in [2.05, 4.69) is 15.0 Å². The lowest BCUT2D eigenvalue weighted by Crippen LogP contribution is -2.42. The Hall–Kier alpha value is -3.17. The van der Waals surface area contributed by atoms with Crippen molar-refractivity contribution >= 4 is 29.1 Å². The molecule has 4 rings (SSSR count). The maximum Gasteiger partial charge on any atom is 0.270 e. The Morgan fingerprint density at radius 2 is 2.07 bits per heavy atom. The maximum atomic E-state index is 13.6. The summed E-state index contributed by atoms with van der Waals surface area (Å²) in [5.74, 6) is -2.00. The molecular weight excluding hydrogens is 413 g/mol. The van der Waals surface area contributed by atoms with Crippen LogP contribution >= 0.6 is 11.3 Å². The molecular formula is C18H18FN7O3S. The van der Waals surface area contributed by atoms with Gasteiger partial charge in [-0.25, -0.2) is 24.4 Å². The van der Waals surface area contributed by atoms with Gasteiger partial charge < -0.3 is 10.6 Å². The number of piperidine rings is 1. The number of aromatic nitrogens is 3. The molecule has 0 spiro atoms. The maximum absolute atomic E-state index is 13.6. The summed E-state index contributed by atoms with van der Waals surface area (Å²) in [5, 5.41) is 12.5. The van der Waals surface area contributed by atoms with Gasteiger partial charge in [0.2, 0.25) is 11.9 Å². The quantitative estimate of drug-likeness (QED) is 0.761. The summed E-state index contributed by atoms with van der Waals surface area (Å²) >= 11 is 1.24. The number of carbonyl (C=O) groups is 2. The van der Waals surface area contributed by atoms with Gasteiger partial charge in [-0.3, -0.25) is 14.4 Å². The van der Waals surface area contributed by atoms with Gasteiger partial charge in [0.1, 0.15) is 12.1 Å². The smallest absolute Gasteiger partial charge is 0.270 e. The fourth-order valence-corrected chi connectivity index (χ4v) is 4.29. The van der Waals surface area contributed by atoms with Gasteiger partial charge in [-0.1, -0.05) is 0 Å². The van der Waals surface area contributed by atoms with Crippen LogP contribution in [0, 0.1) is 23.1 Å². The van der Waals surface area contributed by atoms with Gasteiger partial charge in [-0.05, 0) is 12.8 Å². The summed E-state index contributed by atoms with van der Waals surface area (Å²) < 4.78 is 13.6. The number of amides is 2. The summed E-state index contributed by atoms with van der Waals surface area (Å²) in [6, 6.07) is 1.71. The zero-order valence-electron chi connectivity index (χ0n) is 15.8. The average molecular weight is 431 g/mol. The topological polar surface area (TPSA) is 138 Å². The molecule has 2 aromatic heterocycles. The number of primary amides is 1. The number of thiazole rings is 1. The monoisotopic (exact) mass is 431 g/mol. The summed E-state index contributed by atoms with van der Waals surface area (Å²) in [4.78, 5) is 43.8. The van der Waals surface area contributed by atoms with Crippen molar-refractivity contribution in [1.82, 2.24) is 20.0 Å². The first-order valence-corrected chi connectivity index (χ1v) is 10.2. The van der Waals surface area contributed by atoms with Crippen molar-refractivity contribution in [3.8, 4) is 6.07 Å². The molecule has 156 valence electrons. The number of hydrogen-bond donors (Lipinski definition) is 1. The zero-order valence-corrected chi connectivity index (χ0v) is 16.6. The number of nitrogens with zero attached hydrogens (tertiary/aromatic N) is 6. The number of hydroxylamine groups is 2. The molecule has 0 bridgehead atoms. The van der Waals surface area contributed by atoms with E-state index in [1.54, 1.807) is 10.3 Å². The van der Waals surface area contributed by atoms with E-state index in [4.69, 9.17) is 15.8 Å². The molecule has 2 N–H and O–H groups in total. The lowest BCUT2D eigenvalue weighted by molar-refractivity contribution is -0.182. The molecule has 0 saturated carbocycles. The first-order valence-electron chi connectivity index (χ1n) is 9.36. The van der Waals surface area contributed by atoms with Gasteiger partial charge in [-0.2, -0.15) is 5.26 Å². The standard InChI is InChI=1S/C18H18FN7O3S/c19-11-8-22-18(24-15(11)16(21)27)25-4-1-10(2-5-25)17(28)26-13(3-6-29-26)12-9-30-14(7-20)23-12/h8-10,13H,1-6H2,(H2,21,27)/t13-/m0/s1. The van der Waals surface area contributed by atoms with Crippen LogP contribution in [0.1, 0.15) is 46.5 Å². The highest BCUT2D eigenvalue weighted by Crippen LogP contribution is 2.34. The molecule has 0 radical (unpaired) electrons. The highest BCUT2D eigenvalue weighted by molar-refractivity contribution is 7.10. The Labute approximate surface area is 175 Å². The van der Waals surface area contributed by atoms with E-state index in [-0.39, 0.29) is 23.8 Å². The Bertz CT molecular complexity index is 1020. The number of carbonyl (C=O) groups excluding carboxylic acids is 2. The molecule has 0 unspecified atom stereocenters. The minimum atomic E-state index is -0.958. The van der Waals surface area contributed by atoms with Crippen LogP contribution < -0.4 is 10.6 Å². The van der Waals surface area contributed by atoms with Gasteiger partial charge >= 0.3 is 0 Å². The van der Waals surface area contributed by atoms with E-state index < -0.39 is 17.4 Å². The van der Waals surface area contributed by atoms with E-state index in [0.717, 1.165) is 6.20 Å². The summed E-state index contributed by atoms with van der Waals surface area (Å²) in [5.41, 5.74) is 5.36. The summed E-state index contributed by atoms with van der Waals surface area (Å²) in [7, 11) is 0. The van der Waals surface area contributed by atoms with Crippen LogP contribution in [-0.2, 0) is 9.63 Å². The molecule has 2 fully saturated rings. The van der Waals surface area contributed by atoms with Gasteiger partial charge in [0, 0.05) is 30.8 Å². The van der Waals surface area contributed by atoms with Crippen LogP contribution in [0.25, 0.3) is 0 Å². The Balaban J connectivity index is 1.41. The number of rotatable bonds is 4. The largest absolute Gasteiger partial charge is 0.364 e. The van der Waals surface area contributed by atoms with Crippen LogP contribution in [-0.4, -0.2) is 51.5 Å². The van der Waals surface area contributed by atoms with Crippen molar-refractivity contribution in [1.29, 1.82) is 5.26 Å². The molecule has 2 saturated heterocycles. The van der Waals surface area contributed by atoms with Crippen LogP contribution in [0.5, 0.6) is 0 Å². The number of nitrogens with two attached hydrogens (primary N) is 1. The van der Waals surface area contributed by atoms with E-state index in [1.165, 1.54) is 16.4 Å². The van der Waals surface area contributed by atoms with Gasteiger partial charge in [0.15, 0.2) is 16.5 Å². The van der Waals surface area contributed by atoms with Gasteiger partial charge in [-0.15, -0.1) is 11.3 Å². The molecule has 30 heavy (non-hydrogen) atoms.